The zero-order valence-electron chi connectivity index (χ0n) is 12.5. The van der Waals surface area contributed by atoms with Crippen molar-refractivity contribution >= 4 is 45.6 Å². The van der Waals surface area contributed by atoms with Crippen molar-refractivity contribution in [2.24, 2.45) is 0 Å². The molecule has 4 rings (SSSR count). The molecule has 0 bridgehead atoms. The molecule has 5 nitrogen and oxygen atoms in total. The minimum Gasteiger partial charge on any atom is -0.360 e. The van der Waals surface area contributed by atoms with Crippen LogP contribution in [0.4, 0.5) is 5.82 Å². The number of fused-ring (bicyclic) bond motifs is 1. The third kappa shape index (κ3) is 3.30. The van der Waals surface area contributed by atoms with Gasteiger partial charge in [-0.25, -0.2) is 9.97 Å². The van der Waals surface area contributed by atoms with Crippen molar-refractivity contribution in [1.82, 2.24) is 20.3 Å². The van der Waals surface area contributed by atoms with E-state index in [2.05, 4.69) is 44.0 Å². The molecule has 0 saturated heterocycles. The van der Waals surface area contributed by atoms with Crippen molar-refractivity contribution in [3.8, 4) is 10.6 Å². The Balaban J connectivity index is 1.62. The first-order valence-corrected chi connectivity index (χ1v) is 8.73. The molecule has 0 aromatic carbocycles. The SMILES string of the molecule is Cc1csc(-c2cnc3ccc(NC(=S)NC4CC4)nc3n2)c1. The second-order valence-corrected chi connectivity index (χ2v) is 6.97. The van der Waals surface area contributed by atoms with Gasteiger partial charge in [-0.05, 0) is 61.1 Å². The molecule has 1 saturated carbocycles. The fraction of sp³-hybridized carbons (Fsp3) is 0.250. The van der Waals surface area contributed by atoms with Crippen LogP contribution in [0, 0.1) is 6.92 Å². The van der Waals surface area contributed by atoms with Crippen LogP contribution in [0.15, 0.2) is 29.8 Å². The van der Waals surface area contributed by atoms with E-state index in [1.54, 1.807) is 17.5 Å². The summed E-state index contributed by atoms with van der Waals surface area (Å²) in [5, 5.41) is 9.06. The molecule has 1 aliphatic rings. The molecule has 0 amide bonds. The minimum atomic E-state index is 0.518. The zero-order valence-corrected chi connectivity index (χ0v) is 14.2. The third-order valence-electron chi connectivity index (χ3n) is 3.54. The predicted molar refractivity (Wildman–Crippen MR) is 97.8 cm³/mol. The number of aromatic nitrogens is 3. The summed E-state index contributed by atoms with van der Waals surface area (Å²) in [5.41, 5.74) is 3.46. The Morgan fingerprint density at radius 2 is 2.17 bits per heavy atom. The summed E-state index contributed by atoms with van der Waals surface area (Å²) >= 11 is 6.95. The molecule has 7 heteroatoms. The van der Waals surface area contributed by atoms with Gasteiger partial charge < -0.3 is 10.6 Å². The molecule has 2 N–H and O–H groups in total. The molecule has 0 unspecified atom stereocenters. The molecule has 23 heavy (non-hydrogen) atoms. The summed E-state index contributed by atoms with van der Waals surface area (Å²) in [6.45, 7) is 2.07. The number of nitrogens with one attached hydrogen (secondary N) is 2. The number of rotatable bonds is 3. The van der Waals surface area contributed by atoms with Gasteiger partial charge in [0.1, 0.15) is 17.0 Å². The largest absolute Gasteiger partial charge is 0.360 e. The second kappa shape index (κ2) is 5.82. The number of thiophene rings is 1. The van der Waals surface area contributed by atoms with Gasteiger partial charge in [0.25, 0.3) is 0 Å². The molecule has 1 fully saturated rings. The first-order valence-electron chi connectivity index (χ1n) is 7.44. The van der Waals surface area contributed by atoms with Crippen molar-refractivity contribution in [2.75, 3.05) is 5.32 Å². The normalized spacial score (nSPS) is 14.0. The monoisotopic (exact) mass is 341 g/mol. The lowest BCUT2D eigenvalue weighted by Gasteiger charge is -2.09. The lowest BCUT2D eigenvalue weighted by molar-refractivity contribution is 0.918. The molecule has 3 aromatic heterocycles. The quantitative estimate of drug-likeness (QED) is 0.711. The summed E-state index contributed by atoms with van der Waals surface area (Å²) in [6, 6.07) is 6.40. The Hall–Kier alpha value is -2.12. The number of nitrogens with zero attached hydrogens (tertiary/aromatic N) is 3. The van der Waals surface area contributed by atoms with E-state index in [0.29, 0.717) is 22.6 Å². The van der Waals surface area contributed by atoms with E-state index in [1.165, 1.54) is 18.4 Å². The van der Waals surface area contributed by atoms with Crippen molar-refractivity contribution in [3.05, 3.63) is 35.3 Å². The molecule has 3 aromatic rings. The number of thiocarbonyl (C=S) groups is 1. The van der Waals surface area contributed by atoms with Gasteiger partial charge in [-0.3, -0.25) is 4.98 Å². The van der Waals surface area contributed by atoms with Crippen molar-refractivity contribution in [2.45, 2.75) is 25.8 Å². The van der Waals surface area contributed by atoms with Crippen LogP contribution in [-0.2, 0) is 0 Å². The zero-order chi connectivity index (χ0) is 15.8. The minimum absolute atomic E-state index is 0.518. The fourth-order valence-electron chi connectivity index (χ4n) is 2.22. The Kier molecular flexibility index (Phi) is 3.66. The summed E-state index contributed by atoms with van der Waals surface area (Å²) in [4.78, 5) is 14.7. The Morgan fingerprint density at radius 3 is 2.91 bits per heavy atom. The number of pyridine rings is 1. The van der Waals surface area contributed by atoms with Gasteiger partial charge in [-0.15, -0.1) is 11.3 Å². The van der Waals surface area contributed by atoms with E-state index in [0.717, 1.165) is 16.1 Å². The molecule has 116 valence electrons. The Morgan fingerprint density at radius 1 is 1.30 bits per heavy atom. The maximum absolute atomic E-state index is 5.28. The number of aryl methyl sites for hydroxylation is 1. The number of hydrogen-bond donors (Lipinski definition) is 2. The highest BCUT2D eigenvalue weighted by atomic mass is 32.1. The van der Waals surface area contributed by atoms with E-state index in [-0.39, 0.29) is 0 Å². The van der Waals surface area contributed by atoms with Gasteiger partial charge in [0.2, 0.25) is 0 Å². The standard InChI is InChI=1S/C16H15N5S2/c1-9-6-13(23-8-9)12-7-17-11-4-5-14(20-15(11)19-12)21-16(22)18-10-2-3-10/h4-8,10H,2-3H2,1H3,(H2,18,19,20,21,22). The van der Waals surface area contributed by atoms with Crippen LogP contribution in [0.25, 0.3) is 21.7 Å². The van der Waals surface area contributed by atoms with E-state index < -0.39 is 0 Å². The maximum atomic E-state index is 5.28. The molecular weight excluding hydrogens is 326 g/mol. The van der Waals surface area contributed by atoms with Crippen molar-refractivity contribution < 1.29 is 0 Å². The van der Waals surface area contributed by atoms with E-state index >= 15 is 0 Å². The highest BCUT2D eigenvalue weighted by Gasteiger charge is 2.21. The van der Waals surface area contributed by atoms with Crippen molar-refractivity contribution in [1.29, 1.82) is 0 Å². The first-order chi connectivity index (χ1) is 11.2. The van der Waals surface area contributed by atoms with Crippen LogP contribution in [0.5, 0.6) is 0 Å². The second-order valence-electron chi connectivity index (χ2n) is 5.66. The van der Waals surface area contributed by atoms with Crippen LogP contribution in [0.2, 0.25) is 0 Å². The molecule has 1 aliphatic carbocycles. The first kappa shape index (κ1) is 14.5. The van der Waals surface area contributed by atoms with E-state index in [9.17, 15) is 0 Å². The molecule has 0 radical (unpaired) electrons. The van der Waals surface area contributed by atoms with Gasteiger partial charge in [-0.1, -0.05) is 0 Å². The lowest BCUT2D eigenvalue weighted by Crippen LogP contribution is -2.30. The summed E-state index contributed by atoms with van der Waals surface area (Å²) in [7, 11) is 0. The lowest BCUT2D eigenvalue weighted by atomic mass is 10.3. The molecule has 0 spiro atoms. The van der Waals surface area contributed by atoms with Crippen LogP contribution in [0.3, 0.4) is 0 Å². The topological polar surface area (TPSA) is 62.7 Å². The van der Waals surface area contributed by atoms with Gasteiger partial charge in [0, 0.05) is 6.04 Å². The van der Waals surface area contributed by atoms with Crippen LogP contribution in [0.1, 0.15) is 18.4 Å². The Bertz CT molecular complexity index is 885. The molecule has 0 aliphatic heterocycles. The summed E-state index contributed by atoms with van der Waals surface area (Å²) < 4.78 is 0. The van der Waals surface area contributed by atoms with Gasteiger partial charge in [0.05, 0.1) is 11.1 Å². The van der Waals surface area contributed by atoms with Gasteiger partial charge in [0.15, 0.2) is 10.8 Å². The fourth-order valence-corrected chi connectivity index (χ4v) is 3.34. The van der Waals surface area contributed by atoms with Gasteiger partial charge >= 0.3 is 0 Å². The van der Waals surface area contributed by atoms with Crippen LogP contribution >= 0.6 is 23.6 Å². The van der Waals surface area contributed by atoms with E-state index in [1.807, 2.05) is 12.1 Å². The maximum Gasteiger partial charge on any atom is 0.180 e. The highest BCUT2D eigenvalue weighted by molar-refractivity contribution is 7.80. The third-order valence-corrected chi connectivity index (χ3v) is 4.83. The van der Waals surface area contributed by atoms with E-state index in [4.69, 9.17) is 12.2 Å². The number of anilines is 1. The Labute approximate surface area is 143 Å². The number of hydrogen-bond acceptors (Lipinski definition) is 5. The molecule has 0 atom stereocenters. The predicted octanol–water partition coefficient (Wildman–Crippen LogP) is 3.51. The molecule has 3 heterocycles. The highest BCUT2D eigenvalue weighted by Crippen LogP contribution is 2.26. The van der Waals surface area contributed by atoms with Crippen LogP contribution in [-0.4, -0.2) is 26.1 Å². The average Bonchev–Trinajstić information content (AvgIpc) is 3.24. The van der Waals surface area contributed by atoms with Crippen LogP contribution < -0.4 is 10.6 Å². The van der Waals surface area contributed by atoms with Crippen molar-refractivity contribution in [3.63, 3.8) is 0 Å². The molecular formula is C16H15N5S2. The average molecular weight is 341 g/mol. The summed E-state index contributed by atoms with van der Waals surface area (Å²) in [6.07, 6.45) is 4.16. The van der Waals surface area contributed by atoms with Gasteiger partial charge in [-0.2, -0.15) is 0 Å². The summed E-state index contributed by atoms with van der Waals surface area (Å²) in [5.74, 6) is 0.685. The smallest absolute Gasteiger partial charge is 0.180 e.